The van der Waals surface area contributed by atoms with E-state index in [1.165, 1.54) is 121 Å². The van der Waals surface area contributed by atoms with Crippen molar-refractivity contribution in [2.75, 3.05) is 0 Å². The molecule has 0 atom stereocenters. The average molecular weight is 765 g/mol. The van der Waals surface area contributed by atoms with Gasteiger partial charge in [-0.05, 0) is 158 Å². The van der Waals surface area contributed by atoms with Crippen LogP contribution in [0.15, 0.2) is 194 Å². The van der Waals surface area contributed by atoms with Gasteiger partial charge in [0.25, 0.3) is 0 Å². The molecule has 12 rings (SSSR count). The summed E-state index contributed by atoms with van der Waals surface area (Å²) in [5.41, 5.74) is 21.0. The number of hydrogen-bond donors (Lipinski definition) is 0. The zero-order valence-electron chi connectivity index (χ0n) is 34.5. The van der Waals surface area contributed by atoms with Gasteiger partial charge in [0.05, 0.1) is 0 Å². The van der Waals surface area contributed by atoms with Crippen LogP contribution in [-0.4, -0.2) is 0 Å². The van der Waals surface area contributed by atoms with Crippen molar-refractivity contribution < 1.29 is 0 Å². The van der Waals surface area contributed by atoms with E-state index in [-0.39, 0.29) is 10.8 Å². The van der Waals surface area contributed by atoms with Crippen molar-refractivity contribution in [2.24, 2.45) is 0 Å². The average Bonchev–Trinajstić information content (AvgIpc) is 3.67. The first-order chi connectivity index (χ1) is 29.2. The molecule has 2 aliphatic carbocycles. The third-order valence-corrected chi connectivity index (χ3v) is 14.0. The Morgan fingerprint density at radius 3 is 1.32 bits per heavy atom. The van der Waals surface area contributed by atoms with E-state index in [9.17, 15) is 0 Å². The van der Waals surface area contributed by atoms with Crippen molar-refractivity contribution in [3.05, 3.63) is 216 Å². The van der Waals surface area contributed by atoms with Crippen LogP contribution in [0, 0.1) is 0 Å². The SMILES string of the molecule is CC1(C)c2ccccc2-c2ccc(-c3cccc(-c4ccc5c(ccc6cc(-c7cccc(-c8ccc9c(c8)C(C)(C)c8ccccc8-9)c7)c7ccccc7c65)c4)c3)cc21. The van der Waals surface area contributed by atoms with E-state index in [1.807, 2.05) is 0 Å². The van der Waals surface area contributed by atoms with Crippen molar-refractivity contribution in [1.82, 2.24) is 0 Å². The van der Waals surface area contributed by atoms with Crippen molar-refractivity contribution in [3.8, 4) is 66.8 Å². The lowest BCUT2D eigenvalue weighted by atomic mass is 9.81. The van der Waals surface area contributed by atoms with Crippen molar-refractivity contribution >= 4 is 32.3 Å². The second kappa shape index (κ2) is 12.7. The van der Waals surface area contributed by atoms with Crippen LogP contribution in [0.2, 0.25) is 0 Å². The highest BCUT2D eigenvalue weighted by Crippen LogP contribution is 2.51. The molecular weight excluding hydrogens is 721 g/mol. The van der Waals surface area contributed by atoms with Gasteiger partial charge in [0.2, 0.25) is 0 Å². The zero-order chi connectivity index (χ0) is 40.3. The third-order valence-electron chi connectivity index (χ3n) is 14.0. The van der Waals surface area contributed by atoms with Gasteiger partial charge in [0, 0.05) is 10.8 Å². The van der Waals surface area contributed by atoms with Crippen LogP contribution in [-0.2, 0) is 10.8 Å². The Morgan fingerprint density at radius 2 is 0.700 bits per heavy atom. The summed E-state index contributed by atoms with van der Waals surface area (Å²) in [6.45, 7) is 9.43. The second-order valence-electron chi connectivity index (χ2n) is 18.1. The lowest BCUT2D eigenvalue weighted by Gasteiger charge is -2.22. The summed E-state index contributed by atoms with van der Waals surface area (Å²) in [5.74, 6) is 0. The summed E-state index contributed by atoms with van der Waals surface area (Å²) in [5, 5.41) is 7.67. The molecular formula is C60H44. The number of benzene rings is 10. The molecule has 0 bridgehead atoms. The Bertz CT molecular complexity index is 3430. The van der Waals surface area contributed by atoms with Gasteiger partial charge in [0.15, 0.2) is 0 Å². The summed E-state index contributed by atoms with van der Waals surface area (Å²) in [6.07, 6.45) is 0. The smallest absolute Gasteiger partial charge is 0.0159 e. The molecule has 0 unspecified atom stereocenters. The summed E-state index contributed by atoms with van der Waals surface area (Å²) in [6, 6.07) is 73.1. The molecule has 0 fully saturated rings. The zero-order valence-corrected chi connectivity index (χ0v) is 34.5. The van der Waals surface area contributed by atoms with E-state index in [4.69, 9.17) is 0 Å². The number of fused-ring (bicyclic) bond motifs is 11. The minimum atomic E-state index is -0.0319. The minimum Gasteiger partial charge on any atom is -0.0619 e. The normalized spacial score (nSPS) is 14.3. The van der Waals surface area contributed by atoms with Crippen LogP contribution in [0.5, 0.6) is 0 Å². The van der Waals surface area contributed by atoms with E-state index < -0.39 is 0 Å². The Hall–Kier alpha value is -7.02. The molecule has 0 aliphatic heterocycles. The molecule has 10 aromatic rings. The monoisotopic (exact) mass is 764 g/mol. The van der Waals surface area contributed by atoms with Crippen LogP contribution in [0.3, 0.4) is 0 Å². The molecule has 0 amide bonds. The molecule has 0 radical (unpaired) electrons. The maximum Gasteiger partial charge on any atom is 0.0159 e. The molecule has 0 N–H and O–H groups in total. The maximum absolute atomic E-state index is 2.43. The summed E-state index contributed by atoms with van der Waals surface area (Å²) >= 11 is 0. The topological polar surface area (TPSA) is 0 Å². The van der Waals surface area contributed by atoms with Crippen LogP contribution in [0.25, 0.3) is 99.1 Å². The Kier molecular flexibility index (Phi) is 7.42. The highest BCUT2D eigenvalue weighted by atomic mass is 14.4. The van der Waals surface area contributed by atoms with Gasteiger partial charge >= 0.3 is 0 Å². The highest BCUT2D eigenvalue weighted by molar-refractivity contribution is 6.23. The Labute approximate surface area is 352 Å². The van der Waals surface area contributed by atoms with Crippen LogP contribution >= 0.6 is 0 Å². The van der Waals surface area contributed by atoms with Gasteiger partial charge in [-0.15, -0.1) is 0 Å². The fourth-order valence-electron chi connectivity index (χ4n) is 10.9. The van der Waals surface area contributed by atoms with Gasteiger partial charge in [-0.2, -0.15) is 0 Å². The Balaban J connectivity index is 0.915. The predicted molar refractivity (Wildman–Crippen MR) is 256 cm³/mol. The van der Waals surface area contributed by atoms with E-state index in [2.05, 4.69) is 222 Å². The molecule has 2 aliphatic rings. The molecule has 60 heavy (non-hydrogen) atoms. The number of rotatable bonds is 4. The van der Waals surface area contributed by atoms with Crippen LogP contribution in [0.1, 0.15) is 49.9 Å². The molecule has 0 nitrogen and oxygen atoms in total. The molecule has 0 saturated heterocycles. The molecule has 0 saturated carbocycles. The molecule has 0 spiro atoms. The minimum absolute atomic E-state index is 0.0240. The summed E-state index contributed by atoms with van der Waals surface area (Å²) in [7, 11) is 0. The lowest BCUT2D eigenvalue weighted by molar-refractivity contribution is 0.660. The van der Waals surface area contributed by atoms with E-state index in [1.54, 1.807) is 0 Å². The molecule has 0 heterocycles. The van der Waals surface area contributed by atoms with Crippen molar-refractivity contribution in [1.29, 1.82) is 0 Å². The number of hydrogen-bond acceptors (Lipinski definition) is 0. The third kappa shape index (κ3) is 5.10. The van der Waals surface area contributed by atoms with E-state index >= 15 is 0 Å². The van der Waals surface area contributed by atoms with Gasteiger partial charge in [0.1, 0.15) is 0 Å². The fourth-order valence-corrected chi connectivity index (χ4v) is 10.9. The van der Waals surface area contributed by atoms with Crippen LogP contribution in [0.4, 0.5) is 0 Å². The lowest BCUT2D eigenvalue weighted by Crippen LogP contribution is -2.14. The summed E-state index contributed by atoms with van der Waals surface area (Å²) < 4.78 is 0. The van der Waals surface area contributed by atoms with E-state index in [0.29, 0.717) is 0 Å². The quantitative estimate of drug-likeness (QED) is 0.157. The maximum atomic E-state index is 2.43. The van der Waals surface area contributed by atoms with Gasteiger partial charge in [-0.3, -0.25) is 0 Å². The van der Waals surface area contributed by atoms with E-state index in [0.717, 1.165) is 0 Å². The fraction of sp³-hybridized carbons (Fsp3) is 0.100. The molecule has 0 heteroatoms. The first kappa shape index (κ1) is 35.0. The first-order valence-corrected chi connectivity index (χ1v) is 21.3. The Morgan fingerprint density at radius 1 is 0.250 bits per heavy atom. The predicted octanol–water partition coefficient (Wildman–Crippen LogP) is 16.4. The second-order valence-corrected chi connectivity index (χ2v) is 18.1. The molecule has 284 valence electrons. The standard InChI is InChI=1S/C60H44/c1-59(2)54-21-9-7-18-48(54)50-29-26-41(35-56(50)59)38-14-11-13-37(31-38)40-25-28-46-44(33-40)23-24-45-34-53(47-17-5-6-20-52(47)58(45)46)43-16-12-15-39(32-43)42-27-30-51-49-19-8-10-22-55(49)60(3,4)57(51)36-42/h5-36H,1-4H3. The first-order valence-electron chi connectivity index (χ1n) is 21.3. The van der Waals surface area contributed by atoms with Crippen molar-refractivity contribution in [2.45, 2.75) is 38.5 Å². The van der Waals surface area contributed by atoms with Gasteiger partial charge in [-0.25, -0.2) is 0 Å². The van der Waals surface area contributed by atoms with Crippen molar-refractivity contribution in [3.63, 3.8) is 0 Å². The largest absolute Gasteiger partial charge is 0.0619 e. The van der Waals surface area contributed by atoms with Crippen LogP contribution < -0.4 is 0 Å². The highest BCUT2D eigenvalue weighted by Gasteiger charge is 2.36. The summed E-state index contributed by atoms with van der Waals surface area (Å²) in [4.78, 5) is 0. The van der Waals surface area contributed by atoms with Gasteiger partial charge in [-0.1, -0.05) is 185 Å². The molecule has 10 aromatic carbocycles. The van der Waals surface area contributed by atoms with Gasteiger partial charge < -0.3 is 0 Å². The molecule has 0 aromatic heterocycles.